The van der Waals surface area contributed by atoms with Gasteiger partial charge in [-0.3, -0.25) is 4.79 Å². The van der Waals surface area contributed by atoms with E-state index in [0.717, 1.165) is 0 Å². The van der Waals surface area contributed by atoms with Crippen molar-refractivity contribution >= 4 is 18.2 Å². The van der Waals surface area contributed by atoms with Gasteiger partial charge in [-0.1, -0.05) is 0 Å². The van der Waals surface area contributed by atoms with E-state index < -0.39 is 18.7 Å². The number of halogens is 1. The van der Waals surface area contributed by atoms with Crippen LogP contribution in [0.4, 0.5) is 0 Å². The first kappa shape index (κ1) is 7.96. The number of nitrogens with two attached hydrogens (primary N) is 1. The first-order valence-corrected chi connectivity index (χ1v) is 4.09. The molecule has 0 bridgehead atoms. The predicted octanol–water partition coefficient (Wildman–Crippen LogP) is 1.37. The van der Waals surface area contributed by atoms with E-state index >= 15 is 0 Å². The van der Waals surface area contributed by atoms with Crippen molar-refractivity contribution in [3.8, 4) is 11.5 Å². The number of fused-ring (bicyclic) bond motifs is 1. The average Bonchev–Trinajstić information content (AvgIpc) is 2.72. The second kappa shape index (κ2) is 4.51. The Labute approximate surface area is 98.0 Å². The van der Waals surface area contributed by atoms with Crippen molar-refractivity contribution in [1.29, 1.82) is 0 Å². The molecule has 4 nitrogen and oxygen atoms in total. The van der Waals surface area contributed by atoms with E-state index in [1.54, 1.807) is 6.07 Å². The van der Waals surface area contributed by atoms with Crippen LogP contribution in [0.25, 0.3) is 0 Å². The van der Waals surface area contributed by atoms with Crippen LogP contribution in [0, 0.1) is 0 Å². The maximum absolute atomic E-state index is 11.8. The molecule has 1 aliphatic heterocycles. The molecule has 15 heavy (non-hydrogen) atoms. The van der Waals surface area contributed by atoms with Gasteiger partial charge in [0.1, 0.15) is 0 Å². The molecule has 0 aliphatic carbocycles. The summed E-state index contributed by atoms with van der Waals surface area (Å²) in [5.41, 5.74) is 5.59. The topological polar surface area (TPSA) is 61.6 Å². The molecule has 82 valence electrons. The van der Waals surface area contributed by atoms with Crippen molar-refractivity contribution in [3.63, 3.8) is 0 Å². The van der Waals surface area contributed by atoms with E-state index in [4.69, 9.17) is 19.3 Å². The Morgan fingerprint density at radius 2 is 2.27 bits per heavy atom. The lowest BCUT2D eigenvalue weighted by molar-refractivity contribution is 0.0967. The molecule has 2 rings (SSSR count). The largest absolute Gasteiger partial charge is 0.454 e. The highest BCUT2D eigenvalue weighted by Crippen LogP contribution is 2.32. The quantitative estimate of drug-likeness (QED) is 0.783. The number of ether oxygens (including phenoxy) is 2. The van der Waals surface area contributed by atoms with Crippen LogP contribution in [0.5, 0.6) is 11.5 Å². The van der Waals surface area contributed by atoms with E-state index in [0.29, 0.717) is 11.5 Å². The third kappa shape index (κ3) is 2.22. The Kier molecular flexibility index (Phi) is 2.39. The summed E-state index contributed by atoms with van der Waals surface area (Å²) in [7, 11) is 0. The van der Waals surface area contributed by atoms with Gasteiger partial charge < -0.3 is 15.2 Å². The first-order chi connectivity index (χ1) is 7.89. The molecular formula is C10H12ClNO3. The summed E-state index contributed by atoms with van der Waals surface area (Å²) in [5.74, 6) is 0.320. The van der Waals surface area contributed by atoms with Crippen LogP contribution in [-0.2, 0) is 0 Å². The minimum Gasteiger partial charge on any atom is -0.454 e. The lowest BCUT2D eigenvalue weighted by atomic mass is 10.1. The van der Waals surface area contributed by atoms with Gasteiger partial charge in [0.2, 0.25) is 6.79 Å². The lowest BCUT2D eigenvalue weighted by Crippen LogP contribution is -2.26. The fourth-order valence-corrected chi connectivity index (χ4v) is 1.23. The Bertz CT molecular complexity index is 464. The van der Waals surface area contributed by atoms with Gasteiger partial charge in [-0.05, 0) is 25.1 Å². The third-order valence-electron chi connectivity index (χ3n) is 1.94. The number of rotatable bonds is 2. The van der Waals surface area contributed by atoms with Gasteiger partial charge in [-0.25, -0.2) is 0 Å². The first-order valence-electron chi connectivity index (χ1n) is 5.59. The molecule has 1 unspecified atom stereocenters. The summed E-state index contributed by atoms with van der Waals surface area (Å²) in [6.07, 6.45) is 0. The highest BCUT2D eigenvalue weighted by atomic mass is 35.5. The third-order valence-corrected chi connectivity index (χ3v) is 1.94. The van der Waals surface area contributed by atoms with Crippen molar-refractivity contribution in [1.82, 2.24) is 0 Å². The normalized spacial score (nSPS) is 18.1. The van der Waals surface area contributed by atoms with E-state index in [1.165, 1.54) is 12.1 Å². The van der Waals surface area contributed by atoms with Crippen LogP contribution in [-0.4, -0.2) is 18.6 Å². The lowest BCUT2D eigenvalue weighted by Gasteiger charge is -2.04. The van der Waals surface area contributed by atoms with Crippen molar-refractivity contribution < 1.29 is 18.4 Å². The molecule has 1 aromatic carbocycles. The van der Waals surface area contributed by atoms with E-state index in [2.05, 4.69) is 0 Å². The number of carbonyl (C=O) groups excluding carboxylic acids is 1. The summed E-state index contributed by atoms with van der Waals surface area (Å²) in [6, 6.07) is 2.95. The number of ketones is 1. The van der Waals surface area contributed by atoms with Crippen molar-refractivity contribution in [2.45, 2.75) is 12.9 Å². The summed E-state index contributed by atoms with van der Waals surface area (Å²) in [4.78, 5) is 11.8. The molecule has 0 spiro atoms. The summed E-state index contributed by atoms with van der Waals surface area (Å²) >= 11 is 0. The molecule has 0 aromatic heterocycles. The second-order valence-corrected chi connectivity index (χ2v) is 2.91. The molecule has 1 heterocycles. The van der Waals surface area contributed by atoms with Crippen LogP contribution >= 0.6 is 12.4 Å². The summed E-state index contributed by atoms with van der Waals surface area (Å²) in [6.45, 7) is -2.41. The molecular weight excluding hydrogens is 218 g/mol. The summed E-state index contributed by atoms with van der Waals surface area (Å²) in [5, 5.41) is 0. The monoisotopic (exact) mass is 232 g/mol. The average molecular weight is 233 g/mol. The predicted molar refractivity (Wildman–Crippen MR) is 57.8 cm³/mol. The molecule has 1 aromatic rings. The Morgan fingerprint density at radius 3 is 3.00 bits per heavy atom. The number of carbonyl (C=O) groups is 1. The van der Waals surface area contributed by atoms with Crippen LogP contribution in [0.3, 0.4) is 0 Å². The van der Waals surface area contributed by atoms with Crippen LogP contribution in [0.15, 0.2) is 18.2 Å². The van der Waals surface area contributed by atoms with Gasteiger partial charge in [0.25, 0.3) is 0 Å². The van der Waals surface area contributed by atoms with E-state index in [1.807, 2.05) is 0 Å². The second-order valence-electron chi connectivity index (χ2n) is 2.91. The zero-order valence-corrected chi connectivity index (χ0v) is 8.54. The smallest absolute Gasteiger partial charge is 0.231 e. The number of hydrogen-bond donors (Lipinski definition) is 1. The Balaban J connectivity index is 0.00000162. The Morgan fingerprint density at radius 1 is 1.53 bits per heavy atom. The maximum Gasteiger partial charge on any atom is 0.231 e. The molecule has 5 heteroatoms. The fourth-order valence-electron chi connectivity index (χ4n) is 1.23. The summed E-state index contributed by atoms with van der Waals surface area (Å²) < 4.78 is 31.5. The molecule has 1 atom stereocenters. The van der Waals surface area contributed by atoms with Gasteiger partial charge in [0.15, 0.2) is 17.3 Å². The molecule has 0 saturated heterocycles. The fraction of sp³-hybridized carbons (Fsp3) is 0.300. The van der Waals surface area contributed by atoms with Crippen LogP contribution in [0.2, 0.25) is 0 Å². The minimum absolute atomic E-state index is 0. The van der Waals surface area contributed by atoms with Gasteiger partial charge in [-0.2, -0.15) is 0 Å². The SMILES string of the molecule is Cl.[2H]C([2H])([2H])C(N)C(=O)c1ccc2c(c1)OCO2. The maximum atomic E-state index is 11.8. The Hall–Kier alpha value is -1.26. The van der Waals surface area contributed by atoms with Crippen molar-refractivity contribution in [2.75, 3.05) is 6.79 Å². The van der Waals surface area contributed by atoms with Gasteiger partial charge in [-0.15, -0.1) is 12.4 Å². The molecule has 2 N–H and O–H groups in total. The van der Waals surface area contributed by atoms with Gasteiger partial charge in [0, 0.05) is 9.68 Å². The molecule has 0 fully saturated rings. The van der Waals surface area contributed by atoms with Gasteiger partial charge >= 0.3 is 0 Å². The van der Waals surface area contributed by atoms with Gasteiger partial charge in [0.05, 0.1) is 6.04 Å². The minimum atomic E-state index is -2.51. The molecule has 0 saturated carbocycles. The van der Waals surface area contributed by atoms with Crippen LogP contribution < -0.4 is 15.2 Å². The van der Waals surface area contributed by atoms with Crippen LogP contribution in [0.1, 0.15) is 21.3 Å². The van der Waals surface area contributed by atoms with E-state index in [9.17, 15) is 4.79 Å². The van der Waals surface area contributed by atoms with Crippen molar-refractivity contribution in [2.24, 2.45) is 5.73 Å². The highest BCUT2D eigenvalue weighted by Gasteiger charge is 2.17. The molecule has 1 aliphatic rings. The molecule has 0 amide bonds. The highest BCUT2D eigenvalue weighted by molar-refractivity contribution is 6.00. The standard InChI is InChI=1S/C10H11NO3.ClH/c1-6(11)10(12)7-2-3-8-9(4-7)14-5-13-8;/h2-4,6H,5,11H2,1H3;1H/i1D3;. The molecule has 0 radical (unpaired) electrons. The van der Waals surface area contributed by atoms with Crippen molar-refractivity contribution in [3.05, 3.63) is 23.8 Å². The number of Topliss-reactive ketones (excluding diaryl/α,β-unsaturated/α-hetero) is 1. The zero-order chi connectivity index (χ0) is 12.6. The van der Waals surface area contributed by atoms with E-state index in [-0.39, 0.29) is 24.8 Å². The zero-order valence-electron chi connectivity index (χ0n) is 10.7. The number of hydrogen-bond acceptors (Lipinski definition) is 4. The number of benzene rings is 1.